The van der Waals surface area contributed by atoms with E-state index in [2.05, 4.69) is 31.4 Å². The summed E-state index contributed by atoms with van der Waals surface area (Å²) in [5, 5.41) is 10.6. The van der Waals surface area contributed by atoms with Crippen molar-refractivity contribution in [1.29, 1.82) is 0 Å². The van der Waals surface area contributed by atoms with Crippen molar-refractivity contribution in [2.75, 3.05) is 28.3 Å². The van der Waals surface area contributed by atoms with Crippen LogP contribution >= 0.6 is 0 Å². The van der Waals surface area contributed by atoms with Gasteiger partial charge in [-0.05, 0) is 190 Å². The largest absolute Gasteiger partial charge is 0.400 e. The van der Waals surface area contributed by atoms with E-state index in [-0.39, 0.29) is 0 Å². The fourth-order valence-corrected chi connectivity index (χ4v) is 13.2. The fraction of sp³-hybridized carbons (Fsp3) is 1.00. The summed E-state index contributed by atoms with van der Waals surface area (Å²) in [6, 6.07) is 0. The molecule has 12 bridgehead atoms. The topological polar surface area (TPSA) is 61.5 Å². The van der Waals surface area contributed by atoms with Crippen LogP contribution in [-0.4, -0.2) is 54.9 Å². The van der Waals surface area contributed by atoms with Crippen molar-refractivity contribution in [2.24, 2.45) is 59.0 Å². The predicted octanol–water partition coefficient (Wildman–Crippen LogP) is 6.21. The highest BCUT2D eigenvalue weighted by Crippen LogP contribution is 2.58. The molecule has 0 unspecified atom stereocenters. The molecule has 0 heterocycles. The molecule has 0 aromatic rings. The summed E-state index contributed by atoms with van der Waals surface area (Å²) in [5.41, 5.74) is 7.85. The summed E-state index contributed by atoms with van der Waals surface area (Å²) in [5.74, 6) is 9.59. The number of nitrogens with one attached hydrogen (secondary N) is 1. The molecule has 0 aromatic carbocycles. The highest BCUT2D eigenvalue weighted by Gasteiger charge is 2.52. The number of hydrogen-bond acceptors (Lipinski definition) is 4. The van der Waals surface area contributed by atoms with E-state index in [0.29, 0.717) is 16.6 Å². The van der Waals surface area contributed by atoms with E-state index in [0.717, 1.165) is 60.4 Å². The van der Waals surface area contributed by atoms with Gasteiger partial charge in [-0.3, -0.25) is 0 Å². The molecular formula is C34H61N3O. The summed E-state index contributed by atoms with van der Waals surface area (Å²) in [4.78, 5) is 2.54. The second kappa shape index (κ2) is 10.6. The number of nitrogens with two attached hydrogens (primary N) is 1. The Kier molecular flexibility index (Phi) is 7.80. The van der Waals surface area contributed by atoms with Crippen molar-refractivity contribution in [3.05, 3.63) is 0 Å². The van der Waals surface area contributed by atoms with Crippen LogP contribution in [0.2, 0.25) is 0 Å². The maximum absolute atomic E-state index is 7.00. The standard InChI is InChI=1S/C12H21N.C11H19N.C10H17N.CH4O/c1-13(2)12-6-9-3-10(7-12)5-11(4-9)8-12;1-12-11-5-8-2-9(6-11)4-10(3-8)7-11;11-10-4-7-1-8(5-10)3-9(2-7)6-10;1-2/h9-11H,3-8H2,1-2H3;8-10,12H,2-7H2,1H3;7-9H,1-6,11H2;2H,1H3. The van der Waals surface area contributed by atoms with Crippen LogP contribution in [0.15, 0.2) is 0 Å². The first-order valence-electron chi connectivity index (χ1n) is 16.8. The minimum absolute atomic E-state index is 0.300. The van der Waals surface area contributed by atoms with Gasteiger partial charge in [-0.1, -0.05) is 0 Å². The molecule has 4 nitrogen and oxygen atoms in total. The molecule has 0 atom stereocenters. The van der Waals surface area contributed by atoms with Crippen LogP contribution in [0.25, 0.3) is 0 Å². The minimum Gasteiger partial charge on any atom is -0.400 e. The Hall–Kier alpha value is -0.160. The van der Waals surface area contributed by atoms with Crippen molar-refractivity contribution in [2.45, 2.75) is 132 Å². The van der Waals surface area contributed by atoms with Gasteiger partial charge in [-0.25, -0.2) is 0 Å². The Balaban J connectivity index is 0.000000101. The third-order valence-corrected chi connectivity index (χ3v) is 13.6. The molecule has 0 aliphatic heterocycles. The molecule has 0 amide bonds. The molecule has 12 rings (SSSR count). The summed E-state index contributed by atoms with van der Waals surface area (Å²) in [6.45, 7) is 0. The molecule has 38 heavy (non-hydrogen) atoms. The van der Waals surface area contributed by atoms with Crippen LogP contribution < -0.4 is 11.1 Å². The van der Waals surface area contributed by atoms with Crippen LogP contribution in [0.4, 0.5) is 0 Å². The Bertz CT molecular complexity index is 715. The van der Waals surface area contributed by atoms with E-state index in [1.807, 2.05) is 0 Å². The quantitative estimate of drug-likeness (QED) is 0.399. The van der Waals surface area contributed by atoms with E-state index in [4.69, 9.17) is 10.8 Å². The van der Waals surface area contributed by atoms with Crippen LogP contribution in [0.1, 0.15) is 116 Å². The highest BCUT2D eigenvalue weighted by molar-refractivity contribution is 5.07. The summed E-state index contributed by atoms with van der Waals surface area (Å²) in [6.07, 6.45) is 26.9. The first-order valence-corrected chi connectivity index (χ1v) is 16.8. The van der Waals surface area contributed by atoms with Gasteiger partial charge in [0.1, 0.15) is 0 Å². The van der Waals surface area contributed by atoms with Crippen molar-refractivity contribution in [3.8, 4) is 0 Å². The zero-order valence-electron chi connectivity index (χ0n) is 25.4. The molecule has 218 valence electrons. The van der Waals surface area contributed by atoms with Gasteiger partial charge in [0.2, 0.25) is 0 Å². The second-order valence-corrected chi connectivity index (χ2v) is 16.8. The van der Waals surface area contributed by atoms with Gasteiger partial charge < -0.3 is 21.1 Å². The lowest BCUT2D eigenvalue weighted by Gasteiger charge is -2.59. The summed E-state index contributed by atoms with van der Waals surface area (Å²) in [7, 11) is 7.77. The zero-order valence-corrected chi connectivity index (χ0v) is 25.4. The summed E-state index contributed by atoms with van der Waals surface area (Å²) >= 11 is 0. The lowest BCUT2D eigenvalue weighted by atomic mass is 9.52. The van der Waals surface area contributed by atoms with Gasteiger partial charge in [0.25, 0.3) is 0 Å². The van der Waals surface area contributed by atoms with Gasteiger partial charge in [-0.2, -0.15) is 0 Å². The van der Waals surface area contributed by atoms with Crippen molar-refractivity contribution in [3.63, 3.8) is 0 Å². The van der Waals surface area contributed by atoms with Crippen LogP contribution in [0.3, 0.4) is 0 Å². The van der Waals surface area contributed by atoms with Gasteiger partial charge in [-0.15, -0.1) is 0 Å². The summed E-state index contributed by atoms with van der Waals surface area (Å²) < 4.78 is 0. The monoisotopic (exact) mass is 527 g/mol. The molecular weight excluding hydrogens is 466 g/mol. The van der Waals surface area contributed by atoms with Gasteiger partial charge in [0.15, 0.2) is 0 Å². The van der Waals surface area contributed by atoms with E-state index in [1.165, 1.54) is 77.0 Å². The van der Waals surface area contributed by atoms with Crippen molar-refractivity contribution >= 4 is 0 Å². The Labute approximate surface area is 234 Å². The number of aliphatic hydroxyl groups is 1. The molecule has 4 N–H and O–H groups in total. The average molecular weight is 528 g/mol. The van der Waals surface area contributed by atoms with E-state index < -0.39 is 0 Å². The molecule has 12 aliphatic carbocycles. The molecule has 12 aliphatic rings. The molecule has 0 aromatic heterocycles. The Morgan fingerprint density at radius 2 is 0.789 bits per heavy atom. The van der Waals surface area contributed by atoms with Crippen molar-refractivity contribution < 1.29 is 5.11 Å². The van der Waals surface area contributed by atoms with E-state index in [9.17, 15) is 0 Å². The average Bonchev–Trinajstić information content (AvgIpc) is 2.83. The Morgan fingerprint density at radius 1 is 0.526 bits per heavy atom. The van der Waals surface area contributed by atoms with Gasteiger partial charge in [0.05, 0.1) is 0 Å². The second-order valence-electron chi connectivity index (χ2n) is 16.8. The van der Waals surface area contributed by atoms with Crippen LogP contribution in [0.5, 0.6) is 0 Å². The molecule has 4 heteroatoms. The fourth-order valence-electron chi connectivity index (χ4n) is 13.2. The van der Waals surface area contributed by atoms with E-state index in [1.54, 1.807) is 38.5 Å². The van der Waals surface area contributed by atoms with E-state index >= 15 is 0 Å². The lowest BCUT2D eigenvalue weighted by Crippen LogP contribution is -2.57. The van der Waals surface area contributed by atoms with Crippen LogP contribution in [-0.2, 0) is 0 Å². The predicted molar refractivity (Wildman–Crippen MR) is 158 cm³/mol. The van der Waals surface area contributed by atoms with Crippen molar-refractivity contribution in [1.82, 2.24) is 10.2 Å². The van der Waals surface area contributed by atoms with Gasteiger partial charge in [0, 0.05) is 23.7 Å². The number of nitrogens with zero attached hydrogens (tertiary/aromatic N) is 1. The number of hydrogen-bond donors (Lipinski definition) is 3. The minimum atomic E-state index is 0.300. The number of rotatable bonds is 2. The Morgan fingerprint density at radius 3 is 1.03 bits per heavy atom. The molecule has 12 saturated carbocycles. The first kappa shape index (κ1) is 28.0. The molecule has 0 spiro atoms. The maximum atomic E-state index is 7.00. The molecule has 0 radical (unpaired) electrons. The third kappa shape index (κ3) is 5.39. The highest BCUT2D eigenvalue weighted by atomic mass is 16.2. The van der Waals surface area contributed by atoms with Crippen LogP contribution in [0, 0.1) is 53.3 Å². The zero-order chi connectivity index (χ0) is 26.7. The molecule has 0 saturated heterocycles. The first-order chi connectivity index (χ1) is 18.2. The smallest absolute Gasteiger partial charge is 0.0319 e. The SMILES string of the molecule is CN(C)C12CC3CC(CC(C3)C1)C2.CNC12CC3CC(CC(C3)C1)C2.CO.NC12CC3CC(CC(C3)C1)C2. The number of aliphatic hydroxyl groups excluding tert-OH is 1. The normalized spacial score (nSPS) is 53.6. The maximum Gasteiger partial charge on any atom is 0.0319 e. The van der Waals surface area contributed by atoms with Gasteiger partial charge >= 0.3 is 0 Å². The lowest BCUT2D eigenvalue weighted by molar-refractivity contribution is -0.0697. The molecule has 12 fully saturated rings. The third-order valence-electron chi connectivity index (χ3n) is 13.6.